The SMILES string of the molecule is Cc1[nH]cnc1CN1CC[C@@H]2[C@H](C1)[C@@H](c1ccccc1)CN2C. The number of piperidine rings is 1. The summed E-state index contributed by atoms with van der Waals surface area (Å²) in [6.45, 7) is 6.64. The quantitative estimate of drug-likeness (QED) is 0.946. The highest BCUT2D eigenvalue weighted by molar-refractivity contribution is 5.24. The smallest absolute Gasteiger partial charge is 0.0925 e. The van der Waals surface area contributed by atoms with Gasteiger partial charge >= 0.3 is 0 Å². The van der Waals surface area contributed by atoms with Crippen molar-refractivity contribution in [3.8, 4) is 0 Å². The molecule has 1 aromatic carbocycles. The van der Waals surface area contributed by atoms with Gasteiger partial charge in [-0.05, 0) is 31.9 Å². The Bertz CT molecular complexity index is 650. The van der Waals surface area contributed by atoms with E-state index in [0.717, 1.165) is 18.5 Å². The molecule has 2 fully saturated rings. The summed E-state index contributed by atoms with van der Waals surface area (Å²) in [4.78, 5) is 12.9. The lowest BCUT2D eigenvalue weighted by atomic mass is 9.82. The van der Waals surface area contributed by atoms with Gasteiger partial charge in [0.25, 0.3) is 0 Å². The molecular formula is C19H26N4. The lowest BCUT2D eigenvalue weighted by molar-refractivity contribution is 0.114. The number of benzene rings is 1. The Balaban J connectivity index is 1.52. The molecule has 23 heavy (non-hydrogen) atoms. The maximum absolute atomic E-state index is 4.48. The van der Waals surface area contributed by atoms with Crippen molar-refractivity contribution in [2.75, 3.05) is 26.7 Å². The molecule has 1 aromatic heterocycles. The average molecular weight is 310 g/mol. The van der Waals surface area contributed by atoms with Gasteiger partial charge in [0, 0.05) is 43.8 Å². The van der Waals surface area contributed by atoms with Gasteiger partial charge in [-0.3, -0.25) is 4.90 Å². The molecule has 3 atom stereocenters. The third-order valence-corrected chi connectivity index (χ3v) is 5.81. The Morgan fingerprint density at radius 1 is 1.22 bits per heavy atom. The second-order valence-corrected chi connectivity index (χ2v) is 7.19. The average Bonchev–Trinajstić information content (AvgIpc) is 3.12. The minimum Gasteiger partial charge on any atom is -0.348 e. The molecule has 2 aliphatic rings. The van der Waals surface area contributed by atoms with Crippen molar-refractivity contribution < 1.29 is 0 Å². The van der Waals surface area contributed by atoms with Crippen LogP contribution in [0, 0.1) is 12.8 Å². The third-order valence-electron chi connectivity index (χ3n) is 5.81. The molecule has 4 rings (SSSR count). The van der Waals surface area contributed by atoms with Crippen LogP contribution in [0.2, 0.25) is 0 Å². The molecule has 122 valence electrons. The number of likely N-dealkylation sites (N-methyl/N-ethyl adjacent to an activating group) is 1. The Morgan fingerprint density at radius 3 is 2.78 bits per heavy atom. The van der Waals surface area contributed by atoms with Crippen molar-refractivity contribution in [2.45, 2.75) is 31.8 Å². The van der Waals surface area contributed by atoms with Gasteiger partial charge in [0.1, 0.15) is 0 Å². The van der Waals surface area contributed by atoms with Gasteiger partial charge in [-0.15, -0.1) is 0 Å². The zero-order valence-corrected chi connectivity index (χ0v) is 14.1. The summed E-state index contributed by atoms with van der Waals surface area (Å²) in [6.07, 6.45) is 3.08. The fraction of sp³-hybridized carbons (Fsp3) is 0.526. The summed E-state index contributed by atoms with van der Waals surface area (Å²) in [5.41, 5.74) is 3.91. The molecule has 2 aliphatic heterocycles. The summed E-state index contributed by atoms with van der Waals surface area (Å²) >= 11 is 0. The summed E-state index contributed by atoms with van der Waals surface area (Å²) in [6, 6.07) is 11.8. The predicted octanol–water partition coefficient (Wildman–Crippen LogP) is 2.64. The molecule has 0 saturated carbocycles. The minimum atomic E-state index is 0.661. The van der Waals surface area contributed by atoms with Gasteiger partial charge in [-0.1, -0.05) is 30.3 Å². The second kappa shape index (κ2) is 6.10. The van der Waals surface area contributed by atoms with Crippen LogP contribution in [0.4, 0.5) is 0 Å². The number of hydrogen-bond donors (Lipinski definition) is 1. The molecule has 0 unspecified atom stereocenters. The summed E-state index contributed by atoms with van der Waals surface area (Å²) in [7, 11) is 2.30. The molecule has 0 bridgehead atoms. The number of nitrogens with zero attached hydrogens (tertiary/aromatic N) is 3. The number of aryl methyl sites for hydroxylation is 1. The Hall–Kier alpha value is -1.65. The first kappa shape index (κ1) is 14.9. The third kappa shape index (κ3) is 2.81. The van der Waals surface area contributed by atoms with Crippen molar-refractivity contribution in [1.82, 2.24) is 19.8 Å². The number of fused-ring (bicyclic) bond motifs is 1. The van der Waals surface area contributed by atoms with Crippen LogP contribution in [0.1, 0.15) is 29.3 Å². The van der Waals surface area contributed by atoms with E-state index in [2.05, 4.69) is 64.1 Å². The van der Waals surface area contributed by atoms with E-state index in [4.69, 9.17) is 0 Å². The van der Waals surface area contributed by atoms with Crippen LogP contribution in [0.5, 0.6) is 0 Å². The predicted molar refractivity (Wildman–Crippen MR) is 92.3 cm³/mol. The fourth-order valence-electron chi connectivity index (χ4n) is 4.52. The highest BCUT2D eigenvalue weighted by Crippen LogP contribution is 2.40. The number of likely N-dealkylation sites (tertiary alicyclic amines) is 2. The van der Waals surface area contributed by atoms with Crippen LogP contribution in [-0.4, -0.2) is 52.5 Å². The molecule has 2 aromatic rings. The number of hydrogen-bond acceptors (Lipinski definition) is 3. The normalized spacial score (nSPS) is 28.9. The molecule has 1 N–H and O–H groups in total. The molecular weight excluding hydrogens is 284 g/mol. The van der Waals surface area contributed by atoms with E-state index in [9.17, 15) is 0 Å². The highest BCUT2D eigenvalue weighted by Gasteiger charge is 2.43. The van der Waals surface area contributed by atoms with Crippen LogP contribution < -0.4 is 0 Å². The molecule has 4 heteroatoms. The molecule has 0 amide bonds. The van der Waals surface area contributed by atoms with Gasteiger partial charge < -0.3 is 9.88 Å². The summed E-state index contributed by atoms with van der Waals surface area (Å²) < 4.78 is 0. The topological polar surface area (TPSA) is 35.2 Å². The van der Waals surface area contributed by atoms with Gasteiger partial charge in [0.2, 0.25) is 0 Å². The van der Waals surface area contributed by atoms with Gasteiger partial charge in [-0.25, -0.2) is 4.98 Å². The number of H-pyrrole nitrogens is 1. The molecule has 0 radical (unpaired) electrons. The number of nitrogens with one attached hydrogen (secondary N) is 1. The van der Waals surface area contributed by atoms with Gasteiger partial charge in [0.15, 0.2) is 0 Å². The van der Waals surface area contributed by atoms with Crippen LogP contribution >= 0.6 is 0 Å². The minimum absolute atomic E-state index is 0.661. The van der Waals surface area contributed by atoms with E-state index in [1.165, 1.54) is 43.0 Å². The Kier molecular flexibility index (Phi) is 3.95. The van der Waals surface area contributed by atoms with Crippen LogP contribution in [0.3, 0.4) is 0 Å². The molecule has 3 heterocycles. The largest absolute Gasteiger partial charge is 0.348 e. The van der Waals surface area contributed by atoms with E-state index >= 15 is 0 Å². The van der Waals surface area contributed by atoms with Crippen molar-refractivity contribution in [1.29, 1.82) is 0 Å². The van der Waals surface area contributed by atoms with Gasteiger partial charge in [-0.2, -0.15) is 0 Å². The second-order valence-electron chi connectivity index (χ2n) is 7.19. The Labute approximate surface area is 138 Å². The van der Waals surface area contributed by atoms with Crippen LogP contribution in [0.25, 0.3) is 0 Å². The van der Waals surface area contributed by atoms with E-state index in [1.807, 2.05) is 6.33 Å². The van der Waals surface area contributed by atoms with Gasteiger partial charge in [0.05, 0.1) is 12.0 Å². The van der Waals surface area contributed by atoms with Crippen LogP contribution in [-0.2, 0) is 6.54 Å². The number of imidazole rings is 1. The zero-order valence-electron chi connectivity index (χ0n) is 14.1. The van der Waals surface area contributed by atoms with E-state index < -0.39 is 0 Å². The van der Waals surface area contributed by atoms with Crippen molar-refractivity contribution >= 4 is 0 Å². The van der Waals surface area contributed by atoms with E-state index in [-0.39, 0.29) is 0 Å². The monoisotopic (exact) mass is 310 g/mol. The van der Waals surface area contributed by atoms with Crippen molar-refractivity contribution in [3.05, 3.63) is 53.6 Å². The summed E-state index contributed by atoms with van der Waals surface area (Å²) in [5.74, 6) is 1.39. The fourth-order valence-corrected chi connectivity index (χ4v) is 4.52. The number of aromatic nitrogens is 2. The Morgan fingerprint density at radius 2 is 2.04 bits per heavy atom. The first-order valence-electron chi connectivity index (χ1n) is 8.69. The molecule has 4 nitrogen and oxygen atoms in total. The lowest BCUT2D eigenvalue weighted by Crippen LogP contribution is -2.45. The van der Waals surface area contributed by atoms with Crippen molar-refractivity contribution in [2.24, 2.45) is 5.92 Å². The molecule has 0 aliphatic carbocycles. The zero-order chi connectivity index (χ0) is 15.8. The number of rotatable bonds is 3. The molecule has 2 saturated heterocycles. The maximum Gasteiger partial charge on any atom is 0.0925 e. The highest BCUT2D eigenvalue weighted by atomic mass is 15.2. The molecule has 0 spiro atoms. The lowest BCUT2D eigenvalue weighted by Gasteiger charge is -2.38. The number of aromatic amines is 1. The summed E-state index contributed by atoms with van der Waals surface area (Å²) in [5, 5.41) is 0. The maximum atomic E-state index is 4.48. The van der Waals surface area contributed by atoms with E-state index in [1.54, 1.807) is 0 Å². The first-order valence-corrected chi connectivity index (χ1v) is 8.69. The van der Waals surface area contributed by atoms with Crippen molar-refractivity contribution in [3.63, 3.8) is 0 Å². The first-order chi connectivity index (χ1) is 11.2. The van der Waals surface area contributed by atoms with E-state index in [0.29, 0.717) is 5.92 Å². The standard InChI is InChI=1S/C19H26N4/c1-14-18(21-13-20-14)12-23-9-8-19-17(11-23)16(10-22(19)2)15-6-4-3-5-7-15/h3-7,13,16-17,19H,8-12H2,1-2H3,(H,20,21)/t16-,17-,19-/m1/s1. The van der Waals surface area contributed by atoms with Crippen LogP contribution in [0.15, 0.2) is 36.7 Å².